The molecule has 0 spiro atoms. The largest absolute Gasteiger partial charge is 0.337 e. The van der Waals surface area contributed by atoms with Crippen molar-refractivity contribution in [1.29, 1.82) is 0 Å². The summed E-state index contributed by atoms with van der Waals surface area (Å²) in [6.45, 7) is 2.71. The van der Waals surface area contributed by atoms with Gasteiger partial charge in [-0.1, -0.05) is 59.6 Å². The van der Waals surface area contributed by atoms with Gasteiger partial charge in [-0.2, -0.15) is 0 Å². The number of Topliss-reactive ketones (excluding diaryl/α,β-unsaturated/α-hetero) is 1. The van der Waals surface area contributed by atoms with E-state index in [4.69, 9.17) is 23.2 Å². The van der Waals surface area contributed by atoms with Crippen LogP contribution < -0.4 is 5.32 Å². The Labute approximate surface area is 273 Å². The van der Waals surface area contributed by atoms with Crippen LogP contribution in [0.15, 0.2) is 79.1 Å². The van der Waals surface area contributed by atoms with E-state index in [0.29, 0.717) is 37.8 Å². The van der Waals surface area contributed by atoms with Gasteiger partial charge >= 0.3 is 0 Å². The first-order chi connectivity index (χ1) is 22.0. The molecule has 234 valence electrons. The van der Waals surface area contributed by atoms with Gasteiger partial charge in [0.2, 0.25) is 11.8 Å². The number of likely N-dealkylation sites (tertiary alicyclic amines) is 1. The molecule has 7 nitrogen and oxygen atoms in total. The van der Waals surface area contributed by atoms with Gasteiger partial charge in [-0.15, -0.1) is 0 Å². The Morgan fingerprint density at radius 3 is 2.48 bits per heavy atom. The highest BCUT2D eigenvalue weighted by Crippen LogP contribution is 2.34. The Morgan fingerprint density at radius 2 is 1.74 bits per heavy atom. The lowest BCUT2D eigenvalue weighted by atomic mass is 10.0. The van der Waals surface area contributed by atoms with Gasteiger partial charge in [-0.3, -0.25) is 19.4 Å². The summed E-state index contributed by atoms with van der Waals surface area (Å²) in [6, 6.07) is 17.4. The summed E-state index contributed by atoms with van der Waals surface area (Å²) in [5, 5.41) is 4.03. The molecule has 1 saturated heterocycles. The van der Waals surface area contributed by atoms with Crippen molar-refractivity contribution in [1.82, 2.24) is 14.5 Å². The van der Waals surface area contributed by atoms with Gasteiger partial charge in [0.25, 0.3) is 0 Å². The number of anilines is 1. The number of halogens is 4. The molecule has 3 aromatic carbocycles. The first kappa shape index (κ1) is 31.4. The Hall–Kier alpha value is -4.60. The number of aromatic nitrogens is 2. The average Bonchev–Trinajstić information content (AvgIpc) is 3.60. The molecule has 1 aliphatic rings. The number of nitrogens with zero attached hydrogens (tertiary/aromatic N) is 3. The smallest absolute Gasteiger partial charge is 0.247 e. The zero-order chi connectivity index (χ0) is 32.7. The van der Waals surface area contributed by atoms with E-state index in [1.807, 2.05) is 12.1 Å². The van der Waals surface area contributed by atoms with Crippen LogP contribution in [-0.4, -0.2) is 50.8 Å². The molecule has 2 atom stereocenters. The van der Waals surface area contributed by atoms with Gasteiger partial charge in [0.1, 0.15) is 18.8 Å². The fourth-order valence-corrected chi connectivity index (χ4v) is 6.23. The fraction of sp³-hybridized carbons (Fsp3) is 0.200. The van der Waals surface area contributed by atoms with Crippen LogP contribution in [0, 0.1) is 12.7 Å². The number of rotatable bonds is 7. The predicted octanol–water partition coefficient (Wildman–Crippen LogP) is 7.90. The van der Waals surface area contributed by atoms with Crippen LogP contribution in [-0.2, 0) is 16.1 Å². The number of aryl methyl sites for hydroxylation is 1. The van der Waals surface area contributed by atoms with Gasteiger partial charge in [-0.05, 0) is 49.7 Å². The van der Waals surface area contributed by atoms with Gasteiger partial charge in [-0.25, -0.2) is 8.78 Å². The highest BCUT2D eigenvalue weighted by Gasteiger charge is 2.40. The molecule has 5 aromatic rings. The minimum absolute atomic E-state index is 0.111. The topological polar surface area (TPSA) is 84.3 Å². The van der Waals surface area contributed by atoms with Crippen molar-refractivity contribution in [3.05, 3.63) is 106 Å². The number of alkyl halides is 1. The quantitative estimate of drug-likeness (QED) is 0.180. The molecular weight excluding hydrogens is 633 g/mol. The third kappa shape index (κ3) is 6.00. The second-order valence-corrected chi connectivity index (χ2v) is 12.1. The van der Waals surface area contributed by atoms with Crippen LogP contribution in [0.25, 0.3) is 33.2 Å². The highest BCUT2D eigenvalue weighted by molar-refractivity contribution is 6.33. The minimum atomic E-state index is -1.44. The lowest BCUT2D eigenvalue weighted by molar-refractivity contribution is -0.137. The maximum atomic E-state index is 15.5. The zero-order valence-electron chi connectivity index (χ0n) is 24.9. The summed E-state index contributed by atoms with van der Waals surface area (Å²) in [7, 11) is 0. The summed E-state index contributed by atoms with van der Waals surface area (Å²) in [6.07, 6.45) is 1.61. The van der Waals surface area contributed by atoms with E-state index in [0.717, 1.165) is 11.1 Å². The number of hydrogen-bond donors (Lipinski definition) is 1. The van der Waals surface area contributed by atoms with Crippen LogP contribution in [0.2, 0.25) is 10.0 Å². The predicted molar refractivity (Wildman–Crippen MR) is 175 cm³/mol. The number of carbonyl (C=O) groups excluding carboxylic acids is 3. The van der Waals surface area contributed by atoms with Gasteiger partial charge < -0.3 is 14.8 Å². The molecule has 6 rings (SSSR count). The second kappa shape index (κ2) is 12.7. The first-order valence-electron chi connectivity index (χ1n) is 14.6. The summed E-state index contributed by atoms with van der Waals surface area (Å²) >= 11 is 12.5. The van der Waals surface area contributed by atoms with E-state index < -0.39 is 29.8 Å². The highest BCUT2D eigenvalue weighted by atomic mass is 35.5. The maximum absolute atomic E-state index is 15.5. The molecule has 0 radical (unpaired) electrons. The van der Waals surface area contributed by atoms with E-state index in [1.165, 1.54) is 17.9 Å². The number of amides is 2. The van der Waals surface area contributed by atoms with Crippen LogP contribution in [0.4, 0.5) is 14.5 Å². The van der Waals surface area contributed by atoms with E-state index >= 15 is 4.39 Å². The summed E-state index contributed by atoms with van der Waals surface area (Å²) in [4.78, 5) is 45.1. The molecule has 1 N–H and O–H groups in total. The number of nitrogens with one attached hydrogen (secondary N) is 1. The van der Waals surface area contributed by atoms with E-state index in [-0.39, 0.29) is 36.5 Å². The molecule has 46 heavy (non-hydrogen) atoms. The number of carbonyl (C=O) groups is 3. The van der Waals surface area contributed by atoms with Crippen LogP contribution in [0.1, 0.15) is 29.4 Å². The standard InChI is InChI=1S/C35H28Cl2F2N4O3/c1-19-29(37)13-22(15-40-19)21-10-11-31-26(12-21)27(20(2)44)17-42(31)18-33(45)43-16-23(38)14-32(43)35(46)41-30-9-5-7-25(34(30)39)24-6-3-4-8-28(24)36/h3-13,15,17,23,32H,14,16,18H2,1-2H3,(H,41,46)/t23-,32+/m1/s1. The van der Waals surface area contributed by atoms with Crippen molar-refractivity contribution < 1.29 is 23.2 Å². The molecular formula is C35H28Cl2F2N4O3. The molecule has 2 amide bonds. The summed E-state index contributed by atoms with van der Waals surface area (Å²) in [5.41, 5.74) is 3.81. The third-order valence-electron chi connectivity index (χ3n) is 8.22. The number of ketones is 1. The molecule has 1 aliphatic heterocycles. The van der Waals surface area contributed by atoms with Crippen molar-refractivity contribution in [2.24, 2.45) is 0 Å². The monoisotopic (exact) mass is 660 g/mol. The van der Waals surface area contributed by atoms with Gasteiger partial charge in [0.15, 0.2) is 11.6 Å². The molecule has 11 heteroatoms. The summed E-state index contributed by atoms with van der Waals surface area (Å²) < 4.78 is 31.9. The molecule has 1 fully saturated rings. The number of hydrogen-bond acceptors (Lipinski definition) is 4. The SMILES string of the molecule is CC(=O)c1cn(CC(=O)N2C[C@H](F)C[C@H]2C(=O)Nc2cccc(-c3ccccc3Cl)c2F)c2ccc(-c3cnc(C)c(Cl)c3)cc12. The summed E-state index contributed by atoms with van der Waals surface area (Å²) in [5.74, 6) is -2.12. The maximum Gasteiger partial charge on any atom is 0.247 e. The second-order valence-electron chi connectivity index (χ2n) is 11.3. The van der Waals surface area contributed by atoms with Crippen LogP contribution >= 0.6 is 23.2 Å². The van der Waals surface area contributed by atoms with Crippen molar-refractivity contribution in [3.63, 3.8) is 0 Å². The Balaban J connectivity index is 1.25. The molecule has 0 unspecified atom stereocenters. The van der Waals surface area contributed by atoms with E-state index in [1.54, 1.807) is 72.4 Å². The minimum Gasteiger partial charge on any atom is -0.337 e. The molecule has 3 heterocycles. The zero-order valence-corrected chi connectivity index (χ0v) is 26.4. The average molecular weight is 662 g/mol. The Bertz CT molecular complexity index is 2030. The van der Waals surface area contributed by atoms with E-state index in [2.05, 4.69) is 10.3 Å². The van der Waals surface area contributed by atoms with Gasteiger partial charge in [0, 0.05) is 57.0 Å². The molecule has 0 aliphatic carbocycles. The number of benzene rings is 3. The lowest BCUT2D eigenvalue weighted by Crippen LogP contribution is -2.44. The van der Waals surface area contributed by atoms with Crippen molar-refractivity contribution in [2.75, 3.05) is 11.9 Å². The fourth-order valence-electron chi connectivity index (χ4n) is 5.83. The Morgan fingerprint density at radius 1 is 0.978 bits per heavy atom. The van der Waals surface area contributed by atoms with Crippen LogP contribution in [0.3, 0.4) is 0 Å². The number of fused-ring (bicyclic) bond motifs is 1. The first-order valence-corrected chi connectivity index (χ1v) is 15.3. The molecule has 0 saturated carbocycles. The lowest BCUT2D eigenvalue weighted by Gasteiger charge is -2.24. The van der Waals surface area contributed by atoms with Crippen molar-refractivity contribution >= 4 is 57.4 Å². The van der Waals surface area contributed by atoms with Crippen LogP contribution in [0.5, 0.6) is 0 Å². The van der Waals surface area contributed by atoms with Gasteiger partial charge in [0.05, 0.1) is 22.9 Å². The van der Waals surface area contributed by atoms with E-state index in [9.17, 15) is 18.8 Å². The third-order valence-corrected chi connectivity index (χ3v) is 8.93. The van der Waals surface area contributed by atoms with Crippen molar-refractivity contribution in [3.8, 4) is 22.3 Å². The normalized spacial score (nSPS) is 16.2. The van der Waals surface area contributed by atoms with Crippen molar-refractivity contribution in [2.45, 2.75) is 39.0 Å². The molecule has 0 bridgehead atoms. The molecule has 2 aromatic heterocycles. The Kier molecular flexibility index (Phi) is 8.63. The number of pyridine rings is 1.